The van der Waals surface area contributed by atoms with Crippen LogP contribution in [0.25, 0.3) is 0 Å². The number of hydrogen-bond donors (Lipinski definition) is 1. The second-order valence-corrected chi connectivity index (χ2v) is 7.77. The van der Waals surface area contributed by atoms with Crippen LogP contribution in [-0.4, -0.2) is 65.1 Å². The van der Waals surface area contributed by atoms with E-state index >= 15 is 0 Å². The minimum Gasteiger partial charge on any atom is -0.368 e. The summed E-state index contributed by atoms with van der Waals surface area (Å²) in [5.74, 6) is 1.33. The highest BCUT2D eigenvalue weighted by Crippen LogP contribution is 2.22. The number of piperazine rings is 1. The molecule has 0 aliphatic carbocycles. The van der Waals surface area contributed by atoms with Crippen LogP contribution in [0.5, 0.6) is 0 Å². The highest BCUT2D eigenvalue weighted by Gasteiger charge is 2.28. The van der Waals surface area contributed by atoms with Gasteiger partial charge < -0.3 is 10.6 Å². The third kappa shape index (κ3) is 4.57. The van der Waals surface area contributed by atoms with Crippen molar-refractivity contribution in [2.75, 3.05) is 49.9 Å². The molecule has 4 rings (SSSR count). The molecule has 0 radical (unpaired) electrons. The number of aromatic nitrogens is 2. The average molecular weight is 367 g/mol. The fourth-order valence-electron chi connectivity index (χ4n) is 4.32. The van der Waals surface area contributed by atoms with Gasteiger partial charge in [0.15, 0.2) is 0 Å². The summed E-state index contributed by atoms with van der Waals surface area (Å²) in [5.41, 5.74) is 8.17. The quantitative estimate of drug-likeness (QED) is 0.875. The average Bonchev–Trinajstić information content (AvgIpc) is 3.09. The first kappa shape index (κ1) is 18.2. The van der Waals surface area contributed by atoms with Crippen LogP contribution in [-0.2, 0) is 6.54 Å². The van der Waals surface area contributed by atoms with Gasteiger partial charge in [-0.25, -0.2) is 4.98 Å². The highest BCUT2D eigenvalue weighted by molar-refractivity contribution is 5.43. The largest absolute Gasteiger partial charge is 0.368 e. The van der Waals surface area contributed by atoms with Crippen LogP contribution in [0.2, 0.25) is 0 Å². The minimum absolute atomic E-state index is 0.370. The van der Waals surface area contributed by atoms with E-state index in [1.165, 1.54) is 31.5 Å². The molecule has 2 saturated heterocycles. The number of anilines is 2. The van der Waals surface area contributed by atoms with Gasteiger partial charge in [-0.1, -0.05) is 30.3 Å². The molecule has 2 fully saturated rings. The zero-order chi connectivity index (χ0) is 18.6. The summed E-state index contributed by atoms with van der Waals surface area (Å²) in [7, 11) is 0. The van der Waals surface area contributed by atoms with E-state index in [1.807, 2.05) is 13.0 Å². The lowest BCUT2D eigenvalue weighted by Gasteiger charge is -2.38. The van der Waals surface area contributed by atoms with E-state index in [0.29, 0.717) is 12.0 Å². The summed E-state index contributed by atoms with van der Waals surface area (Å²) >= 11 is 0. The second-order valence-electron chi connectivity index (χ2n) is 7.77. The zero-order valence-electron chi connectivity index (χ0n) is 16.2. The number of nitrogen functional groups attached to an aromatic ring is 1. The summed E-state index contributed by atoms with van der Waals surface area (Å²) in [5, 5.41) is 0. The normalized spacial score (nSPS) is 21.7. The molecule has 3 heterocycles. The van der Waals surface area contributed by atoms with Gasteiger partial charge in [-0.2, -0.15) is 4.98 Å². The molecule has 144 valence electrons. The number of nitrogens with two attached hydrogens (primary N) is 1. The summed E-state index contributed by atoms with van der Waals surface area (Å²) in [4.78, 5) is 16.2. The van der Waals surface area contributed by atoms with E-state index in [1.54, 1.807) is 0 Å². The van der Waals surface area contributed by atoms with Crippen molar-refractivity contribution in [3.63, 3.8) is 0 Å². The summed E-state index contributed by atoms with van der Waals surface area (Å²) < 4.78 is 0. The van der Waals surface area contributed by atoms with Crippen molar-refractivity contribution >= 4 is 11.8 Å². The van der Waals surface area contributed by atoms with Gasteiger partial charge in [-0.3, -0.25) is 9.80 Å². The molecular formula is C21H30N6. The molecule has 6 nitrogen and oxygen atoms in total. The molecule has 27 heavy (non-hydrogen) atoms. The second kappa shape index (κ2) is 8.23. The lowest BCUT2D eigenvalue weighted by Crippen LogP contribution is -2.50. The minimum atomic E-state index is 0.370. The van der Waals surface area contributed by atoms with E-state index in [4.69, 9.17) is 5.73 Å². The van der Waals surface area contributed by atoms with E-state index in [2.05, 4.69) is 55.0 Å². The van der Waals surface area contributed by atoms with Gasteiger partial charge in [-0.15, -0.1) is 0 Å². The Morgan fingerprint density at radius 1 is 1.04 bits per heavy atom. The Morgan fingerprint density at radius 3 is 2.56 bits per heavy atom. The van der Waals surface area contributed by atoms with E-state index in [0.717, 1.165) is 44.2 Å². The molecule has 0 amide bonds. The van der Waals surface area contributed by atoms with Crippen LogP contribution in [0.4, 0.5) is 11.8 Å². The smallest absolute Gasteiger partial charge is 0.222 e. The van der Waals surface area contributed by atoms with Crippen molar-refractivity contribution in [1.29, 1.82) is 0 Å². The molecule has 2 aliphatic rings. The van der Waals surface area contributed by atoms with Crippen molar-refractivity contribution in [1.82, 2.24) is 19.8 Å². The molecule has 2 aromatic rings. The molecule has 1 aromatic heterocycles. The molecule has 0 spiro atoms. The first-order chi connectivity index (χ1) is 13.2. The molecule has 2 N–H and O–H groups in total. The van der Waals surface area contributed by atoms with Gasteiger partial charge >= 0.3 is 0 Å². The molecule has 2 aliphatic heterocycles. The lowest BCUT2D eigenvalue weighted by atomic mass is 10.1. The van der Waals surface area contributed by atoms with Gasteiger partial charge in [0.1, 0.15) is 5.82 Å². The lowest BCUT2D eigenvalue weighted by molar-refractivity contribution is 0.161. The third-order valence-corrected chi connectivity index (χ3v) is 5.75. The maximum absolute atomic E-state index is 5.82. The van der Waals surface area contributed by atoms with E-state index in [9.17, 15) is 0 Å². The van der Waals surface area contributed by atoms with Crippen molar-refractivity contribution in [2.24, 2.45) is 0 Å². The molecule has 0 bridgehead atoms. The molecule has 1 atom stereocenters. The Labute approximate surface area is 162 Å². The Kier molecular flexibility index (Phi) is 5.55. The molecule has 6 heteroatoms. The number of hydrogen-bond acceptors (Lipinski definition) is 6. The standard InChI is InChI=1S/C21H30N6/c1-17-14-20(24-21(22)23-17)26-12-10-25(11-13-26)16-19-8-5-9-27(19)15-18-6-3-2-4-7-18/h2-4,6-7,14,19H,5,8-13,15-16H2,1H3,(H2,22,23,24)/t19-/m1/s1. The monoisotopic (exact) mass is 366 g/mol. The van der Waals surface area contributed by atoms with Crippen LogP contribution in [0.1, 0.15) is 24.1 Å². The molecule has 0 saturated carbocycles. The number of rotatable bonds is 5. The van der Waals surface area contributed by atoms with Crippen LogP contribution < -0.4 is 10.6 Å². The van der Waals surface area contributed by atoms with Crippen molar-refractivity contribution in [3.8, 4) is 0 Å². The van der Waals surface area contributed by atoms with Crippen LogP contribution in [0, 0.1) is 6.92 Å². The first-order valence-electron chi connectivity index (χ1n) is 10.0. The zero-order valence-corrected chi connectivity index (χ0v) is 16.2. The Bertz CT molecular complexity index is 721. The van der Waals surface area contributed by atoms with Crippen molar-refractivity contribution in [2.45, 2.75) is 32.4 Å². The van der Waals surface area contributed by atoms with Crippen molar-refractivity contribution < 1.29 is 0 Å². The SMILES string of the molecule is Cc1cc(N2CCN(C[C@H]3CCCN3Cc3ccccc3)CC2)nc(N)n1. The predicted octanol–water partition coefficient (Wildman–Crippen LogP) is 2.15. The molecular weight excluding hydrogens is 336 g/mol. The van der Waals surface area contributed by atoms with Gasteiger partial charge in [0, 0.05) is 57.1 Å². The van der Waals surface area contributed by atoms with Crippen molar-refractivity contribution in [3.05, 3.63) is 47.7 Å². The summed E-state index contributed by atoms with van der Waals surface area (Å²) in [6, 6.07) is 13.6. The third-order valence-electron chi connectivity index (χ3n) is 5.75. The van der Waals surface area contributed by atoms with Gasteiger partial charge in [-0.05, 0) is 31.9 Å². The van der Waals surface area contributed by atoms with Crippen LogP contribution >= 0.6 is 0 Å². The fraction of sp³-hybridized carbons (Fsp3) is 0.524. The van der Waals surface area contributed by atoms with Gasteiger partial charge in [0.05, 0.1) is 0 Å². The fourth-order valence-corrected chi connectivity index (χ4v) is 4.32. The van der Waals surface area contributed by atoms with E-state index < -0.39 is 0 Å². The number of likely N-dealkylation sites (tertiary alicyclic amines) is 1. The first-order valence-corrected chi connectivity index (χ1v) is 10.0. The number of nitrogens with zero attached hydrogens (tertiary/aromatic N) is 5. The number of aryl methyl sites for hydroxylation is 1. The Morgan fingerprint density at radius 2 is 1.81 bits per heavy atom. The summed E-state index contributed by atoms with van der Waals surface area (Å²) in [6.45, 7) is 9.61. The number of benzene rings is 1. The van der Waals surface area contributed by atoms with Crippen LogP contribution in [0.3, 0.4) is 0 Å². The Hall–Kier alpha value is -2.18. The molecule has 0 unspecified atom stereocenters. The maximum Gasteiger partial charge on any atom is 0.222 e. The molecule has 1 aromatic carbocycles. The Balaban J connectivity index is 1.30. The van der Waals surface area contributed by atoms with E-state index in [-0.39, 0.29) is 0 Å². The van der Waals surface area contributed by atoms with Gasteiger partial charge in [0.25, 0.3) is 0 Å². The summed E-state index contributed by atoms with van der Waals surface area (Å²) in [6.07, 6.45) is 2.63. The predicted molar refractivity (Wildman–Crippen MR) is 110 cm³/mol. The topological polar surface area (TPSA) is 61.5 Å². The van der Waals surface area contributed by atoms with Crippen LogP contribution in [0.15, 0.2) is 36.4 Å². The van der Waals surface area contributed by atoms with Gasteiger partial charge in [0.2, 0.25) is 5.95 Å². The maximum atomic E-state index is 5.82. The highest BCUT2D eigenvalue weighted by atomic mass is 15.3.